The Bertz CT molecular complexity index is 1040. The van der Waals surface area contributed by atoms with Gasteiger partial charge in [0.2, 0.25) is 0 Å². The normalized spacial score (nSPS) is 16.5. The molecule has 226 valence electrons. The van der Waals surface area contributed by atoms with Gasteiger partial charge >= 0.3 is 0 Å². The zero-order valence-electron chi connectivity index (χ0n) is 26.6. The van der Waals surface area contributed by atoms with Crippen molar-refractivity contribution in [2.75, 3.05) is 39.3 Å². The van der Waals surface area contributed by atoms with Gasteiger partial charge in [-0.25, -0.2) is 8.78 Å². The average Bonchev–Trinajstić information content (AvgIpc) is 2.92. The summed E-state index contributed by atoms with van der Waals surface area (Å²) in [6.45, 7) is 24.9. The number of allylic oxidation sites excluding steroid dienone is 2. The Morgan fingerprint density at radius 1 is 0.829 bits per heavy atom. The van der Waals surface area contributed by atoms with Crippen molar-refractivity contribution in [2.45, 2.75) is 79.6 Å². The van der Waals surface area contributed by atoms with Crippen molar-refractivity contribution < 1.29 is 8.78 Å². The van der Waals surface area contributed by atoms with Crippen molar-refractivity contribution in [1.29, 1.82) is 0 Å². The van der Waals surface area contributed by atoms with Crippen LogP contribution in [0.4, 0.5) is 8.78 Å². The van der Waals surface area contributed by atoms with Crippen LogP contribution < -0.4 is 0 Å². The zero-order valence-corrected chi connectivity index (χ0v) is 26.6. The Morgan fingerprint density at radius 2 is 1.34 bits per heavy atom. The lowest BCUT2D eigenvalue weighted by Gasteiger charge is -2.35. The molecule has 0 bridgehead atoms. The molecule has 0 aromatic heterocycles. The number of hydrogen-bond donors (Lipinski definition) is 0. The van der Waals surface area contributed by atoms with E-state index in [4.69, 9.17) is 0 Å². The van der Waals surface area contributed by atoms with Crippen LogP contribution in [0.1, 0.15) is 90.7 Å². The monoisotopic (exact) mass is 564 g/mol. The van der Waals surface area contributed by atoms with E-state index in [0.29, 0.717) is 11.8 Å². The van der Waals surface area contributed by atoms with Crippen molar-refractivity contribution in [3.05, 3.63) is 95.1 Å². The summed E-state index contributed by atoms with van der Waals surface area (Å²) in [6.07, 6.45) is 7.99. The second-order valence-electron chi connectivity index (χ2n) is 13.6. The van der Waals surface area contributed by atoms with Gasteiger partial charge in [0.25, 0.3) is 0 Å². The van der Waals surface area contributed by atoms with Crippen LogP contribution in [0.2, 0.25) is 0 Å². The highest BCUT2D eigenvalue weighted by Crippen LogP contribution is 2.31. The van der Waals surface area contributed by atoms with Crippen molar-refractivity contribution >= 4 is 0 Å². The molecule has 0 amide bonds. The first-order valence-electron chi connectivity index (χ1n) is 15.7. The fraction of sp³-hybridized carbons (Fsp3) is 0.568. The van der Waals surface area contributed by atoms with Crippen molar-refractivity contribution in [2.24, 2.45) is 17.3 Å². The molecule has 1 heterocycles. The van der Waals surface area contributed by atoms with Crippen LogP contribution in [0.3, 0.4) is 0 Å². The quantitative estimate of drug-likeness (QED) is 0.167. The maximum absolute atomic E-state index is 13.5. The number of piperazine rings is 1. The lowest BCUT2D eigenvalue weighted by atomic mass is 9.81. The molecular weight excluding hydrogens is 510 g/mol. The minimum Gasteiger partial charge on any atom is -0.301 e. The predicted octanol–water partition coefficient (Wildman–Crippen LogP) is 9.49. The van der Waals surface area contributed by atoms with E-state index in [0.717, 1.165) is 76.1 Å². The summed E-state index contributed by atoms with van der Waals surface area (Å²) >= 11 is 0. The number of hydrogen-bond acceptors (Lipinski definition) is 2. The largest absolute Gasteiger partial charge is 0.301 e. The minimum absolute atomic E-state index is 0.163. The summed E-state index contributed by atoms with van der Waals surface area (Å²) in [5, 5.41) is 0. The standard InChI is InChI=1S/C37H54F2N2/c1-28(2)33(26-30(4)37(5,6)7)25-29(3)27-41-23-21-40(22-24-41)20-10-8-9-11-36(31-12-16-34(38)17-13-31)32-14-18-35(39)19-15-32/h12-19,26,28,33,36H,3,8-11,20-25,27H2,1-2,4-7H3/b30-26+. The topological polar surface area (TPSA) is 6.48 Å². The van der Waals surface area contributed by atoms with E-state index in [-0.39, 0.29) is 23.0 Å². The van der Waals surface area contributed by atoms with Gasteiger partial charge < -0.3 is 4.90 Å². The summed E-state index contributed by atoms with van der Waals surface area (Å²) in [6, 6.07) is 13.6. The molecule has 1 aliphatic rings. The first kappa shape index (κ1) is 33.2. The molecule has 4 heteroatoms. The van der Waals surface area contributed by atoms with Crippen LogP contribution in [-0.2, 0) is 0 Å². The van der Waals surface area contributed by atoms with Gasteiger partial charge in [0.05, 0.1) is 0 Å². The summed E-state index contributed by atoms with van der Waals surface area (Å²) in [5.41, 5.74) is 5.23. The van der Waals surface area contributed by atoms with E-state index >= 15 is 0 Å². The molecule has 0 spiro atoms. The van der Waals surface area contributed by atoms with E-state index in [1.54, 1.807) is 0 Å². The van der Waals surface area contributed by atoms with Gasteiger partial charge in [0, 0.05) is 38.6 Å². The van der Waals surface area contributed by atoms with Gasteiger partial charge in [-0.1, -0.05) is 95.5 Å². The fourth-order valence-corrected chi connectivity index (χ4v) is 5.72. The van der Waals surface area contributed by atoms with Crippen molar-refractivity contribution in [1.82, 2.24) is 9.80 Å². The molecule has 0 aliphatic carbocycles. The van der Waals surface area contributed by atoms with Gasteiger partial charge in [0.15, 0.2) is 0 Å². The maximum Gasteiger partial charge on any atom is 0.123 e. The SMILES string of the molecule is C=C(CC(/C=C(\C)C(C)(C)C)C(C)C)CN1CCN(CCCCCC(c2ccc(F)cc2)c2ccc(F)cc2)CC1. The third kappa shape index (κ3) is 11.1. The Kier molecular flexibility index (Phi) is 12.8. The molecule has 1 saturated heterocycles. The van der Waals surface area contributed by atoms with E-state index in [9.17, 15) is 8.78 Å². The second-order valence-corrected chi connectivity index (χ2v) is 13.6. The third-order valence-electron chi connectivity index (χ3n) is 8.95. The number of nitrogens with zero attached hydrogens (tertiary/aromatic N) is 2. The molecule has 0 radical (unpaired) electrons. The molecule has 2 nitrogen and oxygen atoms in total. The molecule has 1 aliphatic heterocycles. The molecule has 1 fully saturated rings. The molecule has 1 unspecified atom stereocenters. The van der Waals surface area contributed by atoms with Gasteiger partial charge in [-0.3, -0.25) is 4.90 Å². The molecule has 0 saturated carbocycles. The highest BCUT2D eigenvalue weighted by atomic mass is 19.1. The van der Waals surface area contributed by atoms with E-state index in [1.807, 2.05) is 24.3 Å². The molecule has 3 rings (SSSR count). The van der Waals surface area contributed by atoms with Crippen LogP contribution >= 0.6 is 0 Å². The van der Waals surface area contributed by atoms with Crippen LogP contribution in [-0.4, -0.2) is 49.1 Å². The summed E-state index contributed by atoms with van der Waals surface area (Å²) in [5.74, 6) is 0.880. The van der Waals surface area contributed by atoms with Gasteiger partial charge in [-0.2, -0.15) is 0 Å². The maximum atomic E-state index is 13.5. The Labute approximate surface area is 249 Å². The Hall–Kier alpha value is -2.30. The van der Waals surface area contributed by atoms with Crippen LogP contribution in [0.5, 0.6) is 0 Å². The van der Waals surface area contributed by atoms with Crippen LogP contribution in [0.25, 0.3) is 0 Å². The fourth-order valence-electron chi connectivity index (χ4n) is 5.72. The smallest absolute Gasteiger partial charge is 0.123 e. The van der Waals surface area contributed by atoms with Gasteiger partial charge in [-0.15, -0.1) is 0 Å². The first-order valence-corrected chi connectivity index (χ1v) is 15.7. The highest BCUT2D eigenvalue weighted by Gasteiger charge is 2.21. The van der Waals surface area contributed by atoms with Crippen molar-refractivity contribution in [3.63, 3.8) is 0 Å². The minimum atomic E-state index is -0.223. The molecule has 2 aromatic rings. The van der Waals surface area contributed by atoms with Crippen LogP contribution in [0.15, 0.2) is 72.3 Å². The lowest BCUT2D eigenvalue weighted by molar-refractivity contribution is 0.137. The van der Waals surface area contributed by atoms with E-state index in [1.165, 1.54) is 41.8 Å². The zero-order chi connectivity index (χ0) is 30.0. The second kappa shape index (κ2) is 15.8. The predicted molar refractivity (Wildman–Crippen MR) is 171 cm³/mol. The van der Waals surface area contributed by atoms with Crippen LogP contribution in [0, 0.1) is 28.9 Å². The number of halogens is 2. The Balaban J connectivity index is 1.39. The number of benzene rings is 2. The molecule has 0 N–H and O–H groups in total. The molecule has 1 atom stereocenters. The van der Waals surface area contributed by atoms with E-state index in [2.05, 4.69) is 64.0 Å². The lowest BCUT2D eigenvalue weighted by Crippen LogP contribution is -2.47. The molecular formula is C37H54F2N2. The average molecular weight is 565 g/mol. The van der Waals surface area contributed by atoms with Crippen molar-refractivity contribution in [3.8, 4) is 0 Å². The summed E-state index contributed by atoms with van der Waals surface area (Å²) in [7, 11) is 0. The third-order valence-corrected chi connectivity index (χ3v) is 8.95. The van der Waals surface area contributed by atoms with Gasteiger partial charge in [-0.05, 0) is 85.4 Å². The molecule has 2 aromatic carbocycles. The number of rotatable bonds is 14. The first-order chi connectivity index (χ1) is 19.4. The van der Waals surface area contributed by atoms with E-state index < -0.39 is 0 Å². The Morgan fingerprint density at radius 3 is 1.83 bits per heavy atom. The number of unbranched alkanes of at least 4 members (excludes halogenated alkanes) is 2. The summed E-state index contributed by atoms with van der Waals surface area (Å²) in [4.78, 5) is 5.18. The highest BCUT2D eigenvalue weighted by molar-refractivity contribution is 5.32. The summed E-state index contributed by atoms with van der Waals surface area (Å²) < 4.78 is 27.0. The molecule has 41 heavy (non-hydrogen) atoms. The van der Waals surface area contributed by atoms with Gasteiger partial charge in [0.1, 0.15) is 11.6 Å².